The summed E-state index contributed by atoms with van der Waals surface area (Å²) in [5.74, 6) is 1.50. The number of aromatic nitrogens is 1. The molecule has 0 bridgehead atoms. The molecular formula is C23H15ClFN3O3S2. The molecule has 1 N–H and O–H groups in total. The second-order valence-electron chi connectivity index (χ2n) is 6.84. The molecule has 0 aliphatic carbocycles. The van der Waals surface area contributed by atoms with Crippen LogP contribution in [0.3, 0.4) is 0 Å². The molecule has 0 saturated carbocycles. The van der Waals surface area contributed by atoms with Crippen LogP contribution in [-0.2, 0) is 16.6 Å². The number of halogens is 2. The summed E-state index contributed by atoms with van der Waals surface area (Å²) < 4.78 is 43.5. The van der Waals surface area contributed by atoms with Crippen LogP contribution in [0.5, 0.6) is 0 Å². The van der Waals surface area contributed by atoms with E-state index in [4.69, 9.17) is 18.0 Å². The molecule has 0 spiro atoms. The lowest BCUT2D eigenvalue weighted by Crippen LogP contribution is -2.17. The van der Waals surface area contributed by atoms with E-state index >= 15 is 0 Å². The van der Waals surface area contributed by atoms with Crippen LogP contribution in [0, 0.1) is 18.2 Å². The number of hydrogen-bond donors (Lipinski definition) is 1. The van der Waals surface area contributed by atoms with Gasteiger partial charge in [0.1, 0.15) is 5.82 Å². The van der Waals surface area contributed by atoms with Gasteiger partial charge in [-0.2, -0.15) is 4.99 Å². The fourth-order valence-electron chi connectivity index (χ4n) is 3.07. The van der Waals surface area contributed by atoms with Gasteiger partial charge in [0.2, 0.25) is 0 Å². The van der Waals surface area contributed by atoms with Gasteiger partial charge >= 0.3 is 0 Å². The fraction of sp³-hybridized carbons (Fsp3) is 0.0435. The molecule has 10 heteroatoms. The molecule has 0 unspecified atom stereocenters. The zero-order valence-electron chi connectivity index (χ0n) is 16.8. The number of nitrogens with zero attached hydrogens (tertiary/aromatic N) is 2. The quantitative estimate of drug-likeness (QED) is 0.405. The third kappa shape index (κ3) is 4.98. The van der Waals surface area contributed by atoms with E-state index in [9.17, 15) is 17.6 Å². The number of thiazole rings is 1. The molecule has 0 radical (unpaired) electrons. The van der Waals surface area contributed by atoms with Gasteiger partial charge in [-0.3, -0.25) is 9.52 Å². The third-order valence-electron chi connectivity index (χ3n) is 4.58. The van der Waals surface area contributed by atoms with Gasteiger partial charge in [0, 0.05) is 16.3 Å². The summed E-state index contributed by atoms with van der Waals surface area (Å²) in [6.45, 7) is 0.151. The van der Waals surface area contributed by atoms with Gasteiger partial charge in [0.15, 0.2) is 4.80 Å². The minimum Gasteiger partial charge on any atom is -0.305 e. The first-order chi connectivity index (χ1) is 15.8. The zero-order valence-corrected chi connectivity index (χ0v) is 19.2. The topological polar surface area (TPSA) is 80.5 Å². The van der Waals surface area contributed by atoms with E-state index in [-0.39, 0.29) is 22.7 Å². The van der Waals surface area contributed by atoms with E-state index in [1.54, 1.807) is 10.6 Å². The molecule has 4 rings (SSSR count). The van der Waals surface area contributed by atoms with Gasteiger partial charge in [-0.1, -0.05) is 34.9 Å². The van der Waals surface area contributed by atoms with E-state index in [0.717, 1.165) is 11.3 Å². The minimum absolute atomic E-state index is 0.0288. The van der Waals surface area contributed by atoms with Crippen molar-refractivity contribution in [2.45, 2.75) is 11.4 Å². The number of anilines is 1. The van der Waals surface area contributed by atoms with Gasteiger partial charge in [-0.05, 0) is 60.7 Å². The van der Waals surface area contributed by atoms with Crippen molar-refractivity contribution in [2.75, 3.05) is 4.72 Å². The first-order valence-electron chi connectivity index (χ1n) is 9.47. The van der Waals surface area contributed by atoms with Crippen LogP contribution in [0.1, 0.15) is 10.4 Å². The fourth-order valence-corrected chi connectivity index (χ4v) is 5.30. The summed E-state index contributed by atoms with van der Waals surface area (Å²) in [7, 11) is -3.88. The van der Waals surface area contributed by atoms with E-state index in [1.807, 2.05) is 0 Å². The van der Waals surface area contributed by atoms with Crippen molar-refractivity contribution in [3.05, 3.63) is 87.9 Å². The Balaban J connectivity index is 1.67. The predicted molar refractivity (Wildman–Crippen MR) is 127 cm³/mol. The first-order valence-corrected chi connectivity index (χ1v) is 12.1. The molecule has 0 aliphatic rings. The smallest absolute Gasteiger partial charge is 0.279 e. The molecule has 3 aromatic carbocycles. The average molecular weight is 500 g/mol. The van der Waals surface area contributed by atoms with Crippen LogP contribution >= 0.6 is 22.9 Å². The zero-order chi connectivity index (χ0) is 23.6. The van der Waals surface area contributed by atoms with Crippen LogP contribution in [0.15, 0.2) is 76.6 Å². The lowest BCUT2D eigenvalue weighted by Gasteiger charge is -2.09. The van der Waals surface area contributed by atoms with Gasteiger partial charge in [0.05, 0.1) is 21.7 Å². The van der Waals surface area contributed by atoms with Crippen molar-refractivity contribution in [1.82, 2.24) is 4.57 Å². The highest BCUT2D eigenvalue weighted by molar-refractivity contribution is 7.92. The van der Waals surface area contributed by atoms with Crippen molar-refractivity contribution in [2.24, 2.45) is 4.99 Å². The maximum Gasteiger partial charge on any atom is 0.279 e. The Morgan fingerprint density at radius 1 is 1.15 bits per heavy atom. The Morgan fingerprint density at radius 2 is 1.91 bits per heavy atom. The second kappa shape index (κ2) is 9.19. The van der Waals surface area contributed by atoms with Crippen molar-refractivity contribution < 1.29 is 17.6 Å². The Morgan fingerprint density at radius 3 is 2.64 bits per heavy atom. The van der Waals surface area contributed by atoms with E-state index in [1.165, 1.54) is 60.7 Å². The van der Waals surface area contributed by atoms with Gasteiger partial charge in [-0.15, -0.1) is 6.42 Å². The number of sulfonamides is 1. The summed E-state index contributed by atoms with van der Waals surface area (Å²) in [6.07, 6.45) is 5.45. The van der Waals surface area contributed by atoms with Gasteiger partial charge in [0.25, 0.3) is 15.9 Å². The maximum absolute atomic E-state index is 13.6. The van der Waals surface area contributed by atoms with Gasteiger partial charge in [-0.25, -0.2) is 12.8 Å². The lowest BCUT2D eigenvalue weighted by molar-refractivity contribution is 0.0998. The first kappa shape index (κ1) is 22.7. The monoisotopic (exact) mass is 499 g/mol. The molecule has 1 aromatic heterocycles. The number of benzene rings is 3. The molecule has 0 aliphatic heterocycles. The Kier molecular flexibility index (Phi) is 6.33. The van der Waals surface area contributed by atoms with Crippen molar-refractivity contribution in [1.29, 1.82) is 0 Å². The highest BCUT2D eigenvalue weighted by atomic mass is 35.5. The maximum atomic E-state index is 13.6. The number of terminal acetylenes is 1. The van der Waals surface area contributed by atoms with E-state index in [0.29, 0.717) is 20.0 Å². The number of rotatable bonds is 5. The summed E-state index contributed by atoms with van der Waals surface area (Å²) in [4.78, 5) is 17.3. The lowest BCUT2D eigenvalue weighted by atomic mass is 10.2. The molecule has 4 aromatic rings. The Hall–Kier alpha value is -3.45. The van der Waals surface area contributed by atoms with Crippen molar-refractivity contribution in [3.63, 3.8) is 0 Å². The molecule has 0 atom stereocenters. The molecule has 0 fully saturated rings. The molecule has 0 saturated heterocycles. The normalized spacial score (nSPS) is 12.0. The van der Waals surface area contributed by atoms with Crippen molar-refractivity contribution >= 4 is 54.8 Å². The van der Waals surface area contributed by atoms with Crippen LogP contribution in [0.2, 0.25) is 5.02 Å². The minimum atomic E-state index is -3.88. The Labute approximate surface area is 198 Å². The summed E-state index contributed by atoms with van der Waals surface area (Å²) >= 11 is 6.95. The third-order valence-corrected chi connectivity index (χ3v) is 7.27. The molecule has 166 valence electrons. The van der Waals surface area contributed by atoms with Crippen LogP contribution in [-0.4, -0.2) is 18.9 Å². The summed E-state index contributed by atoms with van der Waals surface area (Å²) in [5, 5.41) is 0.411. The summed E-state index contributed by atoms with van der Waals surface area (Å²) in [6, 6.07) is 15.9. The van der Waals surface area contributed by atoms with Gasteiger partial charge < -0.3 is 4.57 Å². The number of nitrogens with one attached hydrogen (secondary N) is 1. The SMILES string of the molecule is C#CCn1c(=NC(=O)c2cccc(NS(=O)(=O)c3ccc(Cl)cc3)c2)sc2cc(F)ccc21. The predicted octanol–water partition coefficient (Wildman–Crippen LogP) is 4.67. The number of amides is 1. The standard InChI is InChI=1S/C23H15ClFN3O3S2/c1-2-12-28-20-11-8-17(25)14-21(20)32-23(28)26-22(29)15-4-3-5-18(13-15)27-33(30,31)19-9-6-16(24)7-10-19/h1,3-11,13-14,27H,12H2. The van der Waals surface area contributed by atoms with E-state index in [2.05, 4.69) is 15.6 Å². The average Bonchev–Trinajstić information content (AvgIpc) is 3.10. The second-order valence-corrected chi connectivity index (χ2v) is 9.97. The molecule has 6 nitrogen and oxygen atoms in total. The molecule has 33 heavy (non-hydrogen) atoms. The van der Waals surface area contributed by atoms with E-state index < -0.39 is 21.7 Å². The van der Waals surface area contributed by atoms with Crippen LogP contribution in [0.4, 0.5) is 10.1 Å². The largest absolute Gasteiger partial charge is 0.305 e. The van der Waals surface area contributed by atoms with Crippen molar-refractivity contribution in [3.8, 4) is 12.3 Å². The molecular weight excluding hydrogens is 485 g/mol. The molecule has 1 amide bonds. The number of carbonyl (C=O) groups excluding carboxylic acids is 1. The number of hydrogen-bond acceptors (Lipinski definition) is 4. The number of carbonyl (C=O) groups is 1. The van der Waals surface area contributed by atoms with Crippen LogP contribution < -0.4 is 9.52 Å². The number of fused-ring (bicyclic) bond motifs is 1. The Bertz CT molecular complexity index is 1580. The molecule has 1 heterocycles. The van der Waals surface area contributed by atoms with Crippen LogP contribution in [0.25, 0.3) is 10.2 Å². The summed E-state index contributed by atoms with van der Waals surface area (Å²) in [5.41, 5.74) is 1.03. The highest BCUT2D eigenvalue weighted by Gasteiger charge is 2.15. The highest BCUT2D eigenvalue weighted by Crippen LogP contribution is 2.21.